The zero-order chi connectivity index (χ0) is 10.7. The summed E-state index contributed by atoms with van der Waals surface area (Å²) in [7, 11) is 0. The summed E-state index contributed by atoms with van der Waals surface area (Å²) in [5.74, 6) is -0.141. The third-order valence-electron chi connectivity index (χ3n) is 3.28. The smallest absolute Gasteiger partial charge is 0.337 e. The molecule has 1 aromatic rings. The maximum absolute atomic E-state index is 10.9. The molecule has 1 aliphatic rings. The van der Waals surface area contributed by atoms with Crippen molar-refractivity contribution in [1.29, 1.82) is 0 Å². The molecule has 0 radical (unpaired) electrons. The van der Waals surface area contributed by atoms with E-state index in [0.717, 1.165) is 12.1 Å². The van der Waals surface area contributed by atoms with Gasteiger partial charge in [0.1, 0.15) is 0 Å². The molecule has 0 unspecified atom stereocenters. The second-order valence-corrected chi connectivity index (χ2v) is 4.38. The molecule has 15 heavy (non-hydrogen) atoms. The van der Waals surface area contributed by atoms with Gasteiger partial charge in [0, 0.05) is 11.9 Å². The molecule has 1 aliphatic carbocycles. The Kier molecular flexibility index (Phi) is 3.09. The summed E-state index contributed by atoms with van der Waals surface area (Å²) in [6, 6.07) is 1.65. The molecule has 2 rings (SSSR count). The third kappa shape index (κ3) is 2.41. The van der Waals surface area contributed by atoms with Crippen LogP contribution in [0.4, 0.5) is 0 Å². The highest BCUT2D eigenvalue weighted by Crippen LogP contribution is 2.27. The summed E-state index contributed by atoms with van der Waals surface area (Å²) in [6.45, 7) is 0. The summed E-state index contributed by atoms with van der Waals surface area (Å²) in [6.07, 6.45) is 9.06. The molecule has 0 spiro atoms. The minimum atomic E-state index is -0.818. The van der Waals surface area contributed by atoms with Crippen LogP contribution in [-0.4, -0.2) is 16.1 Å². The van der Waals surface area contributed by atoms with Gasteiger partial charge in [0.25, 0.3) is 0 Å². The first-order valence-electron chi connectivity index (χ1n) is 5.67. The molecule has 1 fully saturated rings. The highest BCUT2D eigenvalue weighted by molar-refractivity contribution is 5.88. The number of nitrogens with one attached hydrogen (secondary N) is 1. The molecular formula is C12H17NO2. The number of aromatic amines is 1. The molecule has 3 nitrogen and oxygen atoms in total. The lowest BCUT2D eigenvalue weighted by Crippen LogP contribution is -2.11. The van der Waals surface area contributed by atoms with Crippen LogP contribution in [-0.2, 0) is 6.42 Å². The highest BCUT2D eigenvalue weighted by Gasteiger charge is 2.18. The van der Waals surface area contributed by atoms with E-state index in [1.54, 1.807) is 12.3 Å². The Morgan fingerprint density at radius 1 is 1.40 bits per heavy atom. The molecule has 0 atom stereocenters. The number of carboxylic acid groups (broad SMARTS) is 1. The van der Waals surface area contributed by atoms with E-state index in [4.69, 9.17) is 5.11 Å². The first kappa shape index (κ1) is 10.3. The molecule has 0 aromatic carbocycles. The number of aromatic nitrogens is 1. The Morgan fingerprint density at radius 2 is 2.13 bits per heavy atom. The minimum Gasteiger partial charge on any atom is -0.478 e. The van der Waals surface area contributed by atoms with Gasteiger partial charge in [-0.3, -0.25) is 0 Å². The Labute approximate surface area is 89.5 Å². The van der Waals surface area contributed by atoms with E-state index in [-0.39, 0.29) is 0 Å². The maximum Gasteiger partial charge on any atom is 0.337 e. The van der Waals surface area contributed by atoms with E-state index in [0.29, 0.717) is 11.5 Å². The molecule has 82 valence electrons. The number of carbonyl (C=O) groups is 1. The van der Waals surface area contributed by atoms with Crippen LogP contribution in [0.1, 0.15) is 48.2 Å². The Morgan fingerprint density at radius 3 is 2.80 bits per heavy atom. The van der Waals surface area contributed by atoms with Crippen molar-refractivity contribution in [3.05, 3.63) is 23.5 Å². The largest absolute Gasteiger partial charge is 0.478 e. The van der Waals surface area contributed by atoms with Crippen LogP contribution in [0.5, 0.6) is 0 Å². The zero-order valence-corrected chi connectivity index (χ0v) is 8.83. The number of rotatable bonds is 3. The molecule has 0 saturated heterocycles. The lowest BCUT2D eigenvalue weighted by Gasteiger charge is -2.21. The van der Waals surface area contributed by atoms with Gasteiger partial charge >= 0.3 is 5.97 Å². The summed E-state index contributed by atoms with van der Waals surface area (Å²) in [4.78, 5) is 14.0. The van der Waals surface area contributed by atoms with Crippen molar-refractivity contribution < 1.29 is 9.90 Å². The summed E-state index contributed by atoms with van der Waals surface area (Å²) in [5, 5.41) is 8.96. The molecule has 1 heterocycles. The van der Waals surface area contributed by atoms with E-state index < -0.39 is 5.97 Å². The van der Waals surface area contributed by atoms with Gasteiger partial charge < -0.3 is 10.1 Å². The van der Waals surface area contributed by atoms with Crippen LogP contribution in [0.25, 0.3) is 0 Å². The predicted molar refractivity (Wildman–Crippen MR) is 58.0 cm³/mol. The maximum atomic E-state index is 10.9. The van der Waals surface area contributed by atoms with Crippen molar-refractivity contribution in [3.63, 3.8) is 0 Å². The molecule has 3 heteroatoms. The van der Waals surface area contributed by atoms with Crippen molar-refractivity contribution >= 4 is 5.97 Å². The molecule has 1 aromatic heterocycles. The lowest BCUT2D eigenvalue weighted by molar-refractivity contribution is 0.0695. The summed E-state index contributed by atoms with van der Waals surface area (Å²) >= 11 is 0. The molecule has 0 bridgehead atoms. The molecule has 1 saturated carbocycles. The molecule has 0 amide bonds. The minimum absolute atomic E-state index is 0.445. The number of H-pyrrole nitrogens is 1. The molecular weight excluding hydrogens is 190 g/mol. The lowest BCUT2D eigenvalue weighted by atomic mass is 9.85. The van der Waals surface area contributed by atoms with Gasteiger partial charge in [0.05, 0.1) is 5.56 Å². The second kappa shape index (κ2) is 4.51. The van der Waals surface area contributed by atoms with Gasteiger partial charge in [0.15, 0.2) is 0 Å². The standard InChI is InChI=1S/C12H17NO2/c14-12(15)10-6-7-13-11(10)8-9-4-2-1-3-5-9/h6-7,9,13H,1-5,8H2,(H,14,15). The fourth-order valence-corrected chi connectivity index (χ4v) is 2.45. The summed E-state index contributed by atoms with van der Waals surface area (Å²) in [5.41, 5.74) is 1.34. The average molecular weight is 207 g/mol. The van der Waals surface area contributed by atoms with Crippen LogP contribution >= 0.6 is 0 Å². The van der Waals surface area contributed by atoms with E-state index in [9.17, 15) is 4.79 Å². The van der Waals surface area contributed by atoms with E-state index >= 15 is 0 Å². The number of carboxylic acids is 1. The van der Waals surface area contributed by atoms with Gasteiger partial charge in [-0.2, -0.15) is 0 Å². The van der Waals surface area contributed by atoms with Crippen molar-refractivity contribution in [1.82, 2.24) is 4.98 Å². The number of aromatic carboxylic acids is 1. The van der Waals surface area contributed by atoms with Crippen LogP contribution < -0.4 is 0 Å². The van der Waals surface area contributed by atoms with Gasteiger partial charge in [-0.1, -0.05) is 32.1 Å². The zero-order valence-electron chi connectivity index (χ0n) is 8.83. The van der Waals surface area contributed by atoms with Gasteiger partial charge in [-0.25, -0.2) is 4.79 Å². The number of hydrogen-bond donors (Lipinski definition) is 2. The summed E-state index contributed by atoms with van der Waals surface area (Å²) < 4.78 is 0. The molecule has 2 N–H and O–H groups in total. The van der Waals surface area contributed by atoms with Crippen molar-refractivity contribution in [2.24, 2.45) is 5.92 Å². The first-order chi connectivity index (χ1) is 7.27. The fraction of sp³-hybridized carbons (Fsp3) is 0.583. The third-order valence-corrected chi connectivity index (χ3v) is 3.28. The first-order valence-corrected chi connectivity index (χ1v) is 5.67. The van der Waals surface area contributed by atoms with Gasteiger partial charge in [0.2, 0.25) is 0 Å². The normalized spacial score (nSPS) is 17.9. The van der Waals surface area contributed by atoms with Crippen molar-refractivity contribution in [2.45, 2.75) is 38.5 Å². The van der Waals surface area contributed by atoms with Crippen LogP contribution in [0.15, 0.2) is 12.3 Å². The van der Waals surface area contributed by atoms with Crippen molar-refractivity contribution in [2.75, 3.05) is 0 Å². The Balaban J connectivity index is 2.03. The SMILES string of the molecule is O=C(O)c1cc[nH]c1CC1CCCCC1. The second-order valence-electron chi connectivity index (χ2n) is 4.38. The topological polar surface area (TPSA) is 53.1 Å². The van der Waals surface area contributed by atoms with Crippen LogP contribution in [0, 0.1) is 5.92 Å². The van der Waals surface area contributed by atoms with Crippen molar-refractivity contribution in [3.8, 4) is 0 Å². The van der Waals surface area contributed by atoms with Crippen LogP contribution in [0.2, 0.25) is 0 Å². The van der Waals surface area contributed by atoms with Gasteiger partial charge in [-0.05, 0) is 18.4 Å². The van der Waals surface area contributed by atoms with E-state index in [1.165, 1.54) is 32.1 Å². The molecule has 0 aliphatic heterocycles. The van der Waals surface area contributed by atoms with Gasteiger partial charge in [-0.15, -0.1) is 0 Å². The van der Waals surface area contributed by atoms with Crippen LogP contribution in [0.3, 0.4) is 0 Å². The monoisotopic (exact) mass is 207 g/mol. The fourth-order valence-electron chi connectivity index (χ4n) is 2.45. The average Bonchev–Trinajstić information content (AvgIpc) is 2.67. The van der Waals surface area contributed by atoms with E-state index in [1.807, 2.05) is 0 Å². The Hall–Kier alpha value is -1.25. The van der Waals surface area contributed by atoms with E-state index in [2.05, 4.69) is 4.98 Å². The number of hydrogen-bond acceptors (Lipinski definition) is 1. The predicted octanol–water partition coefficient (Wildman–Crippen LogP) is 2.84. The quantitative estimate of drug-likeness (QED) is 0.800. The Bertz CT molecular complexity index is 337. The highest BCUT2D eigenvalue weighted by atomic mass is 16.4.